The summed E-state index contributed by atoms with van der Waals surface area (Å²) in [5.74, 6) is -1.10. The minimum Gasteiger partial charge on any atom is -0.492 e. The fraction of sp³-hybridized carbons (Fsp3) is 0.667. The number of amides is 2. The Bertz CT molecular complexity index is 883. The van der Waals surface area contributed by atoms with Gasteiger partial charge < -0.3 is 30.1 Å². The van der Waals surface area contributed by atoms with Crippen molar-refractivity contribution in [2.75, 3.05) is 31.7 Å². The van der Waals surface area contributed by atoms with Crippen LogP contribution in [0.5, 0.6) is 5.75 Å². The Morgan fingerprint density at radius 1 is 1.24 bits per heavy atom. The van der Waals surface area contributed by atoms with Crippen LogP contribution in [0.1, 0.15) is 63.4 Å². The summed E-state index contributed by atoms with van der Waals surface area (Å²) in [6, 6.07) is 3.35. The molecule has 1 aromatic carbocycles. The van der Waals surface area contributed by atoms with E-state index in [0.29, 0.717) is 44.1 Å². The molecule has 33 heavy (non-hydrogen) atoms. The molecule has 2 unspecified atom stereocenters. The molecule has 0 aromatic heterocycles. The van der Waals surface area contributed by atoms with Crippen LogP contribution >= 0.6 is 0 Å². The van der Waals surface area contributed by atoms with Gasteiger partial charge in [-0.3, -0.25) is 4.79 Å². The number of aliphatic hydroxyl groups is 1. The van der Waals surface area contributed by atoms with Crippen molar-refractivity contribution >= 4 is 17.7 Å². The number of carbonyl (C=O) groups is 2. The molecule has 3 fully saturated rings. The number of benzene rings is 1. The molecule has 1 aromatic rings. The van der Waals surface area contributed by atoms with Gasteiger partial charge in [-0.2, -0.15) is 0 Å². The number of piperidine rings is 1. The average molecular weight is 464 g/mol. The van der Waals surface area contributed by atoms with Crippen LogP contribution in [0.15, 0.2) is 12.1 Å². The minimum absolute atomic E-state index is 0.0772. The van der Waals surface area contributed by atoms with Gasteiger partial charge in [0.1, 0.15) is 6.23 Å². The molecule has 1 saturated carbocycles. The number of carbonyl (C=O) groups excluding carboxylic acids is 2. The lowest BCUT2D eigenvalue weighted by molar-refractivity contribution is -0.128. The van der Waals surface area contributed by atoms with Crippen LogP contribution in [0, 0.1) is 11.7 Å². The Morgan fingerprint density at radius 2 is 1.97 bits per heavy atom. The summed E-state index contributed by atoms with van der Waals surface area (Å²) in [5.41, 5.74) is 0.348. The Kier molecular flexibility index (Phi) is 6.97. The van der Waals surface area contributed by atoms with Gasteiger partial charge in [-0.05, 0) is 44.6 Å². The highest BCUT2D eigenvalue weighted by atomic mass is 19.1. The van der Waals surface area contributed by atoms with Crippen LogP contribution < -0.4 is 20.3 Å². The molecule has 2 saturated heterocycles. The minimum atomic E-state index is -0.890. The summed E-state index contributed by atoms with van der Waals surface area (Å²) in [7, 11) is 1.40. The van der Waals surface area contributed by atoms with Crippen molar-refractivity contribution in [2.45, 2.75) is 69.6 Å². The number of hydrogen-bond acceptors (Lipinski definition) is 6. The number of hydrogen-bond donors (Lipinski definition) is 3. The molecule has 2 atom stereocenters. The maximum atomic E-state index is 15.3. The molecular weight excluding hydrogens is 429 g/mol. The van der Waals surface area contributed by atoms with Crippen molar-refractivity contribution in [1.29, 1.82) is 0 Å². The molecule has 2 amide bonds. The zero-order valence-electron chi connectivity index (χ0n) is 19.4. The van der Waals surface area contributed by atoms with E-state index in [4.69, 9.17) is 9.47 Å². The summed E-state index contributed by atoms with van der Waals surface area (Å²) < 4.78 is 26.1. The highest BCUT2D eigenvalue weighted by Crippen LogP contribution is 2.41. The summed E-state index contributed by atoms with van der Waals surface area (Å²) in [6.07, 6.45) is 5.32. The maximum Gasteiger partial charge on any atom is 0.407 e. The fourth-order valence-corrected chi connectivity index (χ4v) is 5.24. The summed E-state index contributed by atoms with van der Waals surface area (Å²) in [4.78, 5) is 26.5. The molecule has 3 aliphatic rings. The number of alkyl carbamates (subject to hydrolysis) is 1. The zero-order chi connectivity index (χ0) is 23.6. The van der Waals surface area contributed by atoms with Crippen molar-refractivity contribution in [3.63, 3.8) is 0 Å². The number of aliphatic hydroxyl groups excluding tert-OH is 1. The van der Waals surface area contributed by atoms with Crippen molar-refractivity contribution in [3.05, 3.63) is 23.5 Å². The Morgan fingerprint density at radius 3 is 2.64 bits per heavy atom. The third-order valence-corrected chi connectivity index (χ3v) is 7.04. The second kappa shape index (κ2) is 9.75. The second-order valence-electron chi connectivity index (χ2n) is 9.82. The van der Waals surface area contributed by atoms with Crippen LogP contribution in [-0.2, 0) is 9.53 Å². The normalized spacial score (nSPS) is 25.1. The predicted octanol–water partition coefficient (Wildman–Crippen LogP) is 3.03. The van der Waals surface area contributed by atoms with Crippen molar-refractivity contribution in [2.24, 2.45) is 5.92 Å². The number of halogens is 1. The van der Waals surface area contributed by atoms with Crippen LogP contribution in [-0.4, -0.2) is 55.7 Å². The summed E-state index contributed by atoms with van der Waals surface area (Å²) in [6.45, 7) is 3.35. The molecular formula is C24H34FN3O5. The van der Waals surface area contributed by atoms with E-state index in [9.17, 15) is 14.7 Å². The molecule has 0 spiro atoms. The zero-order valence-corrected chi connectivity index (χ0v) is 19.4. The number of ether oxygens (including phenoxy) is 2. The van der Waals surface area contributed by atoms with Gasteiger partial charge in [0, 0.05) is 18.7 Å². The van der Waals surface area contributed by atoms with Gasteiger partial charge in [0.05, 0.1) is 30.9 Å². The van der Waals surface area contributed by atoms with Gasteiger partial charge in [-0.25, -0.2) is 9.18 Å². The first-order valence-electron chi connectivity index (χ1n) is 11.8. The average Bonchev–Trinajstić information content (AvgIpc) is 2.77. The molecule has 2 aliphatic heterocycles. The van der Waals surface area contributed by atoms with Crippen molar-refractivity contribution in [1.82, 2.24) is 10.6 Å². The van der Waals surface area contributed by atoms with E-state index in [2.05, 4.69) is 10.6 Å². The largest absolute Gasteiger partial charge is 0.492 e. The molecule has 182 valence electrons. The van der Waals surface area contributed by atoms with Gasteiger partial charge in [0.2, 0.25) is 5.91 Å². The lowest BCUT2D eigenvalue weighted by Gasteiger charge is -2.49. The van der Waals surface area contributed by atoms with E-state index in [1.165, 1.54) is 26.4 Å². The predicted molar refractivity (Wildman–Crippen MR) is 121 cm³/mol. The van der Waals surface area contributed by atoms with E-state index < -0.39 is 35.5 Å². The van der Waals surface area contributed by atoms with Gasteiger partial charge >= 0.3 is 6.09 Å². The smallest absolute Gasteiger partial charge is 0.407 e. The molecule has 0 bridgehead atoms. The molecule has 4 rings (SSSR count). The number of nitrogens with zero attached hydrogens (tertiary/aromatic N) is 1. The topological polar surface area (TPSA) is 100 Å². The Balaban J connectivity index is 1.36. The van der Waals surface area contributed by atoms with Gasteiger partial charge in [0.15, 0.2) is 11.6 Å². The molecule has 9 heteroatoms. The lowest BCUT2D eigenvalue weighted by Crippen LogP contribution is -2.69. The molecule has 1 aliphatic carbocycles. The molecule has 3 N–H and O–H groups in total. The fourth-order valence-electron chi connectivity index (χ4n) is 5.24. The monoisotopic (exact) mass is 463 g/mol. The number of rotatable bonds is 6. The van der Waals surface area contributed by atoms with E-state index in [-0.39, 0.29) is 11.3 Å². The van der Waals surface area contributed by atoms with E-state index in [1.807, 2.05) is 11.8 Å². The van der Waals surface area contributed by atoms with Crippen molar-refractivity contribution < 1.29 is 28.6 Å². The van der Waals surface area contributed by atoms with Crippen LogP contribution in [0.4, 0.5) is 14.9 Å². The van der Waals surface area contributed by atoms with E-state index >= 15 is 4.39 Å². The van der Waals surface area contributed by atoms with Gasteiger partial charge in [0.25, 0.3) is 0 Å². The van der Waals surface area contributed by atoms with Crippen LogP contribution in [0.3, 0.4) is 0 Å². The van der Waals surface area contributed by atoms with Crippen molar-refractivity contribution in [3.8, 4) is 5.75 Å². The first-order valence-corrected chi connectivity index (χ1v) is 11.8. The standard InChI is InChI=1S/C24H34FN3O5/c1-24(27-23(31)33-12-15-6-4-3-5-7-15)13-28(14-24)18-10-8-16(20(25)21(18)32-2)17-9-11-19(29)26-22(17)30/h8,10,15,17,19,29H,3-7,9,11-14H2,1-2H3,(H,26,30)(H,27,31). The van der Waals surface area contributed by atoms with Gasteiger partial charge in [-0.1, -0.05) is 25.3 Å². The highest BCUT2D eigenvalue weighted by Gasteiger charge is 2.42. The summed E-state index contributed by atoms with van der Waals surface area (Å²) in [5, 5.41) is 15.0. The quantitative estimate of drug-likeness (QED) is 0.600. The Hall–Kier alpha value is -2.55. The SMILES string of the molecule is COc1c(N2CC(C)(NC(=O)OCC3CCCCC3)C2)ccc(C2CCC(O)NC2=O)c1F. The van der Waals surface area contributed by atoms with Crippen LogP contribution in [0.2, 0.25) is 0 Å². The van der Waals surface area contributed by atoms with E-state index in [0.717, 1.165) is 12.8 Å². The third-order valence-electron chi connectivity index (χ3n) is 7.04. The van der Waals surface area contributed by atoms with E-state index in [1.54, 1.807) is 12.1 Å². The third kappa shape index (κ3) is 5.18. The number of anilines is 1. The number of methoxy groups -OCH3 is 1. The molecule has 8 nitrogen and oxygen atoms in total. The van der Waals surface area contributed by atoms with Crippen LogP contribution in [0.25, 0.3) is 0 Å². The molecule has 2 heterocycles. The first-order chi connectivity index (χ1) is 15.8. The number of nitrogens with one attached hydrogen (secondary N) is 2. The first kappa shape index (κ1) is 23.6. The summed E-state index contributed by atoms with van der Waals surface area (Å²) >= 11 is 0. The Labute approximate surface area is 193 Å². The highest BCUT2D eigenvalue weighted by molar-refractivity contribution is 5.85. The lowest BCUT2D eigenvalue weighted by atomic mass is 9.88. The molecule has 0 radical (unpaired) electrons. The second-order valence-corrected chi connectivity index (χ2v) is 9.82. The van der Waals surface area contributed by atoms with Gasteiger partial charge in [-0.15, -0.1) is 0 Å². The maximum absolute atomic E-state index is 15.3.